The Hall–Kier alpha value is 1.08. The van der Waals surface area contributed by atoms with Gasteiger partial charge in [0.15, 0.2) is 0 Å². The van der Waals surface area contributed by atoms with Crippen molar-refractivity contribution in [1.82, 2.24) is 0 Å². The molecule has 2 atom stereocenters. The monoisotopic (exact) mass is 208 g/mol. The van der Waals surface area contributed by atoms with Gasteiger partial charge in [0.05, 0.1) is 0 Å². The molecule has 0 saturated carbocycles. The van der Waals surface area contributed by atoms with Crippen molar-refractivity contribution >= 4 is 23.7 Å². The van der Waals surface area contributed by atoms with Crippen molar-refractivity contribution in [1.29, 1.82) is 0 Å². The molecule has 0 bridgehead atoms. The smallest absolute Gasteiger partial charge is 0.106 e. The van der Waals surface area contributed by atoms with Crippen LogP contribution in [0.15, 0.2) is 0 Å². The average Bonchev–Trinajstić information content (AvgIpc) is 1.90. The minimum absolute atomic E-state index is 0.843. The van der Waals surface area contributed by atoms with E-state index in [4.69, 9.17) is 0 Å². The first-order valence-electron chi connectivity index (χ1n) is 4.39. The molecule has 0 spiro atoms. The molecule has 0 aliphatic heterocycles. The number of hydrogen-bond acceptors (Lipinski definition) is 0. The summed E-state index contributed by atoms with van der Waals surface area (Å²) < 4.78 is 0. The van der Waals surface area contributed by atoms with E-state index in [0.717, 1.165) is 11.1 Å². The lowest BCUT2D eigenvalue weighted by Gasteiger charge is -2.37. The van der Waals surface area contributed by atoms with Gasteiger partial charge in [-0.05, 0) is 11.1 Å². The van der Waals surface area contributed by atoms with Crippen molar-refractivity contribution < 1.29 is 0 Å². The molecule has 0 aliphatic rings. The van der Waals surface area contributed by atoms with Crippen LogP contribution in [0.1, 0.15) is 27.7 Å². The van der Waals surface area contributed by atoms with Gasteiger partial charge in [-0.2, -0.15) is 0 Å². The zero-order valence-corrected chi connectivity index (χ0v) is 11.7. The zero-order valence-electron chi connectivity index (χ0n) is 8.65. The molecule has 0 radical (unpaired) electrons. The average molecular weight is 208 g/mol. The van der Waals surface area contributed by atoms with Gasteiger partial charge in [-0.15, -0.1) is 16.3 Å². The molecule has 68 valence electrons. The minimum atomic E-state index is -0.843. The molecule has 0 aromatic carbocycles. The van der Waals surface area contributed by atoms with Gasteiger partial charge >= 0.3 is 0 Å². The second-order valence-corrected chi connectivity index (χ2v) is 18.2. The summed E-state index contributed by atoms with van der Waals surface area (Å²) in [7, 11) is 1.62. The quantitative estimate of drug-likeness (QED) is 0.486. The lowest BCUT2D eigenvalue weighted by molar-refractivity contribution is 0.953. The fraction of sp³-hybridized carbons (Fsp3) is 1.00. The van der Waals surface area contributed by atoms with Crippen LogP contribution in [0.25, 0.3) is 0 Å². The SMILES string of the molecule is CP[Si](PC)(C(C)C)C(C)C. The largest absolute Gasteiger partial charge is 0.131 e. The van der Waals surface area contributed by atoms with Crippen molar-refractivity contribution in [2.75, 3.05) is 13.3 Å². The molecule has 3 heteroatoms. The van der Waals surface area contributed by atoms with Crippen molar-refractivity contribution in [3.8, 4) is 0 Å². The van der Waals surface area contributed by atoms with Crippen molar-refractivity contribution in [3.63, 3.8) is 0 Å². The lowest BCUT2D eigenvalue weighted by atomic mass is 10.5. The molecule has 11 heavy (non-hydrogen) atoms. The third-order valence-electron chi connectivity index (χ3n) is 2.65. The Labute approximate surface area is 76.2 Å². The highest BCUT2D eigenvalue weighted by Gasteiger charge is 2.36. The molecule has 0 heterocycles. The Morgan fingerprint density at radius 1 is 0.818 bits per heavy atom. The van der Waals surface area contributed by atoms with Gasteiger partial charge in [-0.1, -0.05) is 41.0 Å². The third kappa shape index (κ3) is 2.51. The molecule has 0 aromatic rings. The normalized spacial score (nSPS) is 15.3. The molecule has 2 unspecified atom stereocenters. The van der Waals surface area contributed by atoms with Crippen LogP contribution < -0.4 is 0 Å². The Bertz CT molecular complexity index is 98.7. The van der Waals surface area contributed by atoms with Crippen molar-refractivity contribution in [3.05, 3.63) is 0 Å². The van der Waals surface area contributed by atoms with Gasteiger partial charge in [0.25, 0.3) is 0 Å². The molecule has 0 aliphatic carbocycles. The first kappa shape index (κ1) is 12.1. The Morgan fingerprint density at radius 3 is 1.09 bits per heavy atom. The van der Waals surface area contributed by atoms with E-state index in [9.17, 15) is 0 Å². The van der Waals surface area contributed by atoms with E-state index in [1.165, 1.54) is 16.3 Å². The predicted octanol–water partition coefficient (Wildman–Crippen LogP) is 3.87. The summed E-state index contributed by atoms with van der Waals surface area (Å²) in [5.74, 6) is 0. The Kier molecular flexibility index (Phi) is 5.43. The van der Waals surface area contributed by atoms with Gasteiger partial charge in [-0.3, -0.25) is 0 Å². The van der Waals surface area contributed by atoms with E-state index in [1.807, 2.05) is 0 Å². The lowest BCUT2D eigenvalue weighted by Crippen LogP contribution is -2.30. The minimum Gasteiger partial charge on any atom is -0.131 e. The molecule has 0 aromatic heterocycles. The first-order valence-corrected chi connectivity index (χ1v) is 11.5. The van der Waals surface area contributed by atoms with Crippen LogP contribution in [0.2, 0.25) is 11.1 Å². The zero-order chi connectivity index (χ0) is 9.07. The second kappa shape index (κ2) is 4.95. The maximum Gasteiger partial charge on any atom is 0.106 e. The van der Waals surface area contributed by atoms with Gasteiger partial charge in [0, 0.05) is 0 Å². The summed E-state index contributed by atoms with van der Waals surface area (Å²) in [6.07, 6.45) is 0. The maximum absolute atomic E-state index is 2.43. The molecule has 0 N–H and O–H groups in total. The molecule has 0 amide bonds. The summed E-state index contributed by atoms with van der Waals surface area (Å²) >= 11 is 0. The Morgan fingerprint density at radius 2 is 1.09 bits per heavy atom. The van der Waals surface area contributed by atoms with E-state index in [2.05, 4.69) is 41.0 Å². The molecule has 0 rings (SSSR count). The number of hydrogen-bond donors (Lipinski definition) is 0. The highest BCUT2D eigenvalue weighted by molar-refractivity contribution is 8.12. The van der Waals surface area contributed by atoms with Gasteiger partial charge < -0.3 is 0 Å². The summed E-state index contributed by atoms with van der Waals surface area (Å²) in [4.78, 5) is 0. The van der Waals surface area contributed by atoms with Crippen LogP contribution in [0.3, 0.4) is 0 Å². The third-order valence-corrected chi connectivity index (χ3v) is 24.3. The standard InChI is InChI=1S/C8H22P2Si/c1-7(2)11(9-5,10-6)8(3)4/h7-10H,1-6H3. The molecule has 0 nitrogen and oxygen atoms in total. The Balaban J connectivity index is 4.46. The maximum atomic E-state index is 2.43. The van der Waals surface area contributed by atoms with Crippen LogP contribution in [0.5, 0.6) is 0 Å². The van der Waals surface area contributed by atoms with Gasteiger partial charge in [0.2, 0.25) is 0 Å². The topological polar surface area (TPSA) is 0 Å². The van der Waals surface area contributed by atoms with Gasteiger partial charge in [0.1, 0.15) is 7.41 Å². The van der Waals surface area contributed by atoms with Crippen LogP contribution in [0.4, 0.5) is 0 Å². The molecular formula is C8H22P2Si. The molecular weight excluding hydrogens is 186 g/mol. The fourth-order valence-electron chi connectivity index (χ4n) is 1.95. The highest BCUT2D eigenvalue weighted by Crippen LogP contribution is 2.53. The van der Waals surface area contributed by atoms with Crippen LogP contribution >= 0.6 is 16.3 Å². The second-order valence-electron chi connectivity index (χ2n) is 3.68. The van der Waals surface area contributed by atoms with Crippen molar-refractivity contribution in [2.45, 2.75) is 38.8 Å². The summed E-state index contributed by atoms with van der Waals surface area (Å²) in [6.45, 7) is 14.6. The van der Waals surface area contributed by atoms with E-state index in [-0.39, 0.29) is 0 Å². The molecule has 0 fully saturated rings. The molecule has 0 saturated heterocycles. The predicted molar refractivity (Wildman–Crippen MR) is 64.4 cm³/mol. The summed E-state index contributed by atoms with van der Waals surface area (Å²) in [5, 5.41) is 0. The van der Waals surface area contributed by atoms with Crippen molar-refractivity contribution in [2.24, 2.45) is 0 Å². The summed E-state index contributed by atoms with van der Waals surface area (Å²) in [6, 6.07) is 0. The van der Waals surface area contributed by atoms with Crippen LogP contribution in [-0.2, 0) is 0 Å². The highest BCUT2D eigenvalue weighted by atomic mass is 31.6. The van der Waals surface area contributed by atoms with Crippen LogP contribution in [-0.4, -0.2) is 20.7 Å². The fourth-order valence-corrected chi connectivity index (χ4v) is 15.8. The summed E-state index contributed by atoms with van der Waals surface area (Å²) in [5.41, 5.74) is 1.96. The van der Waals surface area contributed by atoms with E-state index in [1.54, 1.807) is 0 Å². The van der Waals surface area contributed by atoms with Gasteiger partial charge in [-0.25, -0.2) is 0 Å². The van der Waals surface area contributed by atoms with E-state index >= 15 is 0 Å². The van der Waals surface area contributed by atoms with E-state index in [0.29, 0.717) is 0 Å². The number of rotatable bonds is 4. The first-order chi connectivity index (χ1) is 5.01. The van der Waals surface area contributed by atoms with E-state index < -0.39 is 7.41 Å². The van der Waals surface area contributed by atoms with Crippen LogP contribution in [0, 0.1) is 0 Å².